The second-order valence-electron chi connectivity index (χ2n) is 7.52. The number of carbonyl (C=O) groups excluding carboxylic acids is 1. The summed E-state index contributed by atoms with van der Waals surface area (Å²) in [7, 11) is -3.30. The molecule has 8 heteroatoms. The summed E-state index contributed by atoms with van der Waals surface area (Å²) in [5.41, 5.74) is 1.85. The molecule has 1 N–H and O–H groups in total. The molecule has 0 aliphatic rings. The van der Waals surface area contributed by atoms with Crippen molar-refractivity contribution >= 4 is 38.4 Å². The van der Waals surface area contributed by atoms with Crippen molar-refractivity contribution in [1.29, 1.82) is 0 Å². The summed E-state index contributed by atoms with van der Waals surface area (Å²) in [5.74, 6) is -0.0655. The third-order valence-electron chi connectivity index (χ3n) is 5.41. The molecule has 0 bridgehead atoms. The normalized spacial score (nSPS) is 12.3. The van der Waals surface area contributed by atoms with Crippen LogP contribution in [0.4, 0.5) is 0 Å². The van der Waals surface area contributed by atoms with E-state index in [1.54, 1.807) is 4.57 Å². The lowest BCUT2D eigenvalue weighted by Crippen LogP contribution is -2.46. The number of hydrogen-bond donors (Lipinski definition) is 1. The third kappa shape index (κ3) is 4.84. The zero-order chi connectivity index (χ0) is 21.9. The molecule has 0 saturated heterocycles. The minimum absolute atomic E-state index is 0.0132. The fourth-order valence-electron chi connectivity index (χ4n) is 3.77. The van der Waals surface area contributed by atoms with E-state index in [-0.39, 0.29) is 18.2 Å². The lowest BCUT2D eigenvalue weighted by atomic mass is 9.84. The van der Waals surface area contributed by atoms with Crippen molar-refractivity contribution in [2.24, 2.45) is 0 Å². The molecular weight excluding hydrogens is 422 g/mol. The summed E-state index contributed by atoms with van der Waals surface area (Å²) >= 11 is 6.03. The van der Waals surface area contributed by atoms with Gasteiger partial charge in [0.1, 0.15) is 18.1 Å². The third-order valence-corrected chi connectivity index (χ3v) is 6.44. The lowest BCUT2D eigenvalue weighted by molar-refractivity contribution is -0.123. The Labute approximate surface area is 182 Å². The molecule has 0 aliphatic carbocycles. The van der Waals surface area contributed by atoms with E-state index in [1.807, 2.05) is 62.4 Å². The topological polar surface area (TPSA) is 81.1 Å². The molecule has 1 heterocycles. The van der Waals surface area contributed by atoms with Gasteiger partial charge in [-0.15, -0.1) is 0 Å². The van der Waals surface area contributed by atoms with Crippen LogP contribution in [0.2, 0.25) is 5.02 Å². The molecule has 0 aliphatic heterocycles. The Balaban J connectivity index is 1.93. The molecule has 0 fully saturated rings. The molecule has 0 radical (unpaired) electrons. The molecule has 160 valence electrons. The van der Waals surface area contributed by atoms with Gasteiger partial charge in [0.25, 0.3) is 0 Å². The number of halogens is 1. The Kier molecular flexibility index (Phi) is 6.53. The molecule has 6 nitrogen and oxygen atoms in total. The number of carbonyl (C=O) groups is 1. The highest BCUT2D eigenvalue weighted by atomic mass is 35.5. The van der Waals surface area contributed by atoms with Gasteiger partial charge in [0, 0.05) is 11.3 Å². The fourth-order valence-corrected chi connectivity index (χ4v) is 4.59. The lowest BCUT2D eigenvalue weighted by Gasteiger charge is -2.34. The fraction of sp³-hybridized carbons (Fsp3) is 0.364. The van der Waals surface area contributed by atoms with Crippen LogP contribution in [0, 0.1) is 0 Å². The van der Waals surface area contributed by atoms with E-state index in [0.29, 0.717) is 29.2 Å². The molecule has 1 amide bonds. The van der Waals surface area contributed by atoms with E-state index >= 15 is 0 Å². The van der Waals surface area contributed by atoms with Crippen molar-refractivity contribution in [2.75, 3.05) is 6.26 Å². The zero-order valence-corrected chi connectivity index (χ0v) is 18.9. The maximum absolute atomic E-state index is 13.1. The van der Waals surface area contributed by atoms with Crippen LogP contribution in [0.15, 0.2) is 48.5 Å². The maximum Gasteiger partial charge on any atom is 0.240 e. The van der Waals surface area contributed by atoms with Crippen LogP contribution in [0.3, 0.4) is 0 Å². The van der Waals surface area contributed by atoms with Crippen molar-refractivity contribution in [3.05, 3.63) is 64.9 Å². The summed E-state index contributed by atoms with van der Waals surface area (Å²) in [6, 6.07) is 14.8. The first-order valence-corrected chi connectivity index (χ1v) is 12.3. The van der Waals surface area contributed by atoms with Gasteiger partial charge in [-0.3, -0.25) is 4.79 Å². The Morgan fingerprint density at radius 1 is 1.10 bits per heavy atom. The van der Waals surface area contributed by atoms with Crippen molar-refractivity contribution < 1.29 is 13.2 Å². The van der Waals surface area contributed by atoms with Gasteiger partial charge in [-0.2, -0.15) is 0 Å². The van der Waals surface area contributed by atoms with E-state index in [0.717, 1.165) is 17.3 Å². The number of para-hydroxylation sites is 2. The van der Waals surface area contributed by atoms with Crippen LogP contribution in [0.1, 0.15) is 38.1 Å². The van der Waals surface area contributed by atoms with Gasteiger partial charge in [0.15, 0.2) is 9.84 Å². The van der Waals surface area contributed by atoms with E-state index in [9.17, 15) is 13.2 Å². The molecule has 3 aromatic rings. The van der Waals surface area contributed by atoms with Crippen molar-refractivity contribution in [3.8, 4) is 0 Å². The number of fused-ring (bicyclic) bond motifs is 1. The first-order valence-electron chi connectivity index (χ1n) is 9.86. The minimum Gasteiger partial charge on any atom is -0.345 e. The Hall–Kier alpha value is -2.38. The van der Waals surface area contributed by atoms with Gasteiger partial charge in [0.05, 0.1) is 16.6 Å². The number of hydrogen-bond acceptors (Lipinski definition) is 4. The molecule has 2 aromatic carbocycles. The number of imidazole rings is 1. The number of aromatic nitrogens is 2. The standard InChI is InChI=1S/C22H26ClN3O3S/c1-4-22(5-2,16-10-12-17(23)13-11-16)25-21(27)14-26-19-9-7-6-8-18(19)24-20(26)15-30(3,28)29/h6-13H,4-5,14-15H2,1-3H3,(H,25,27). The summed E-state index contributed by atoms with van der Waals surface area (Å²) in [6.45, 7) is 4.04. The zero-order valence-electron chi connectivity index (χ0n) is 17.4. The van der Waals surface area contributed by atoms with Gasteiger partial charge in [-0.05, 0) is 42.7 Å². The monoisotopic (exact) mass is 447 g/mol. The van der Waals surface area contributed by atoms with Gasteiger partial charge < -0.3 is 9.88 Å². The first kappa shape index (κ1) is 22.3. The highest BCUT2D eigenvalue weighted by molar-refractivity contribution is 7.89. The number of nitrogens with one attached hydrogen (secondary N) is 1. The summed E-state index contributed by atoms with van der Waals surface area (Å²) in [4.78, 5) is 17.6. The average Bonchev–Trinajstić information content (AvgIpc) is 3.02. The largest absolute Gasteiger partial charge is 0.345 e. The van der Waals surface area contributed by atoms with E-state index in [1.165, 1.54) is 0 Å². The Morgan fingerprint density at radius 3 is 2.33 bits per heavy atom. The number of sulfone groups is 1. The van der Waals surface area contributed by atoms with Crippen LogP contribution in [0.25, 0.3) is 11.0 Å². The molecule has 0 unspecified atom stereocenters. The highest BCUT2D eigenvalue weighted by Gasteiger charge is 2.30. The van der Waals surface area contributed by atoms with Gasteiger partial charge in [0.2, 0.25) is 5.91 Å². The van der Waals surface area contributed by atoms with Crippen molar-refractivity contribution in [1.82, 2.24) is 14.9 Å². The maximum atomic E-state index is 13.1. The number of nitrogens with zero attached hydrogens (tertiary/aromatic N) is 2. The van der Waals surface area contributed by atoms with E-state index in [4.69, 9.17) is 11.6 Å². The van der Waals surface area contributed by atoms with Crippen molar-refractivity contribution in [2.45, 2.75) is 44.5 Å². The Bertz CT molecular complexity index is 1150. The molecule has 0 atom stereocenters. The van der Waals surface area contributed by atoms with Gasteiger partial charge in [-0.25, -0.2) is 13.4 Å². The van der Waals surface area contributed by atoms with E-state index < -0.39 is 15.4 Å². The molecular formula is C22H26ClN3O3S. The smallest absolute Gasteiger partial charge is 0.240 e. The van der Waals surface area contributed by atoms with Crippen LogP contribution in [-0.2, 0) is 32.5 Å². The summed E-state index contributed by atoms with van der Waals surface area (Å²) < 4.78 is 25.5. The molecule has 1 aromatic heterocycles. The average molecular weight is 448 g/mol. The number of benzene rings is 2. The predicted octanol–water partition coefficient (Wildman–Crippen LogP) is 4.07. The number of amides is 1. The van der Waals surface area contributed by atoms with Crippen LogP contribution >= 0.6 is 11.6 Å². The van der Waals surface area contributed by atoms with Crippen LogP contribution < -0.4 is 5.32 Å². The minimum atomic E-state index is -3.30. The molecule has 3 rings (SSSR count). The molecule has 30 heavy (non-hydrogen) atoms. The molecule has 0 saturated carbocycles. The number of rotatable bonds is 8. The van der Waals surface area contributed by atoms with Crippen LogP contribution in [-0.4, -0.2) is 30.1 Å². The summed E-state index contributed by atoms with van der Waals surface area (Å²) in [6.07, 6.45) is 2.58. The van der Waals surface area contributed by atoms with E-state index in [2.05, 4.69) is 10.3 Å². The van der Waals surface area contributed by atoms with Crippen molar-refractivity contribution in [3.63, 3.8) is 0 Å². The van der Waals surface area contributed by atoms with Crippen LogP contribution in [0.5, 0.6) is 0 Å². The Morgan fingerprint density at radius 2 is 1.73 bits per heavy atom. The first-order chi connectivity index (χ1) is 14.2. The highest BCUT2D eigenvalue weighted by Crippen LogP contribution is 2.30. The SMILES string of the molecule is CCC(CC)(NC(=O)Cn1c(CS(C)(=O)=O)nc2ccccc21)c1ccc(Cl)cc1. The second-order valence-corrected chi connectivity index (χ2v) is 10.1. The van der Waals surface area contributed by atoms with Gasteiger partial charge in [-0.1, -0.05) is 49.7 Å². The molecule has 0 spiro atoms. The second kappa shape index (κ2) is 8.78. The quantitative estimate of drug-likeness (QED) is 0.564. The predicted molar refractivity (Wildman–Crippen MR) is 120 cm³/mol. The summed E-state index contributed by atoms with van der Waals surface area (Å²) in [5, 5.41) is 3.82. The van der Waals surface area contributed by atoms with Gasteiger partial charge >= 0.3 is 0 Å².